The molecule has 6 heteroatoms. The SMILES string of the molecule is CCCc1nc(Cl)c(C)c(-n2nc(C)c(Br)c2C)n1. The van der Waals surface area contributed by atoms with Gasteiger partial charge in [-0.1, -0.05) is 18.5 Å². The summed E-state index contributed by atoms with van der Waals surface area (Å²) >= 11 is 9.73. The maximum absolute atomic E-state index is 6.20. The number of aromatic nitrogens is 4. The number of halogens is 2. The molecule has 2 rings (SSSR count). The summed E-state index contributed by atoms with van der Waals surface area (Å²) in [6.45, 7) is 7.96. The molecule has 0 unspecified atom stereocenters. The number of nitrogens with zero attached hydrogens (tertiary/aromatic N) is 4. The van der Waals surface area contributed by atoms with Gasteiger partial charge in [0.25, 0.3) is 0 Å². The summed E-state index contributed by atoms with van der Waals surface area (Å²) < 4.78 is 2.82. The van der Waals surface area contributed by atoms with Gasteiger partial charge in [-0.25, -0.2) is 14.6 Å². The van der Waals surface area contributed by atoms with Crippen LogP contribution in [0.15, 0.2) is 4.47 Å². The Hall–Kier alpha value is -0.940. The Bertz CT molecular complexity index is 622. The van der Waals surface area contributed by atoms with E-state index in [1.807, 2.05) is 25.5 Å². The van der Waals surface area contributed by atoms with E-state index < -0.39 is 0 Å². The van der Waals surface area contributed by atoms with E-state index in [-0.39, 0.29) is 0 Å². The molecule has 0 aliphatic heterocycles. The Kier molecular flexibility index (Phi) is 4.26. The first-order valence-electron chi connectivity index (χ1n) is 6.20. The maximum atomic E-state index is 6.20. The highest BCUT2D eigenvalue weighted by atomic mass is 79.9. The third-order valence-corrected chi connectivity index (χ3v) is 4.50. The van der Waals surface area contributed by atoms with Crippen LogP contribution in [0.2, 0.25) is 5.15 Å². The van der Waals surface area contributed by atoms with E-state index in [1.165, 1.54) is 0 Å². The largest absolute Gasteiger partial charge is 0.221 e. The smallest absolute Gasteiger partial charge is 0.161 e. The van der Waals surface area contributed by atoms with Crippen LogP contribution < -0.4 is 0 Å². The summed E-state index contributed by atoms with van der Waals surface area (Å²) in [4.78, 5) is 8.90. The molecule has 2 aromatic heterocycles. The minimum atomic E-state index is 0.497. The normalized spacial score (nSPS) is 11.1. The van der Waals surface area contributed by atoms with Gasteiger partial charge in [-0.2, -0.15) is 5.10 Å². The Morgan fingerprint density at radius 3 is 2.42 bits per heavy atom. The molecule has 4 nitrogen and oxygen atoms in total. The van der Waals surface area contributed by atoms with Crippen LogP contribution in [0, 0.1) is 20.8 Å². The molecule has 0 aliphatic rings. The summed E-state index contributed by atoms with van der Waals surface area (Å²) in [7, 11) is 0. The van der Waals surface area contributed by atoms with Gasteiger partial charge in [-0.05, 0) is 43.1 Å². The first kappa shape index (κ1) is 14.5. The lowest BCUT2D eigenvalue weighted by molar-refractivity contribution is 0.758. The molecule has 0 saturated carbocycles. The van der Waals surface area contributed by atoms with Gasteiger partial charge >= 0.3 is 0 Å². The van der Waals surface area contributed by atoms with Crippen LogP contribution in [-0.4, -0.2) is 19.7 Å². The lowest BCUT2D eigenvalue weighted by Crippen LogP contribution is -2.09. The van der Waals surface area contributed by atoms with Crippen molar-refractivity contribution in [1.29, 1.82) is 0 Å². The molecule has 2 heterocycles. The lowest BCUT2D eigenvalue weighted by Gasteiger charge is -2.10. The van der Waals surface area contributed by atoms with Gasteiger partial charge in [-0.15, -0.1) is 0 Å². The molecule has 19 heavy (non-hydrogen) atoms. The van der Waals surface area contributed by atoms with Crippen molar-refractivity contribution in [2.24, 2.45) is 0 Å². The summed E-state index contributed by atoms with van der Waals surface area (Å²) in [5.41, 5.74) is 2.79. The molecular formula is C13H16BrClN4. The van der Waals surface area contributed by atoms with Gasteiger partial charge < -0.3 is 0 Å². The van der Waals surface area contributed by atoms with Gasteiger partial charge in [0.05, 0.1) is 15.9 Å². The summed E-state index contributed by atoms with van der Waals surface area (Å²) in [6.07, 6.45) is 1.80. The molecule has 0 bridgehead atoms. The average molecular weight is 344 g/mol. The molecule has 0 saturated heterocycles. The zero-order chi connectivity index (χ0) is 14.2. The van der Waals surface area contributed by atoms with Crippen molar-refractivity contribution in [2.45, 2.75) is 40.5 Å². The highest BCUT2D eigenvalue weighted by molar-refractivity contribution is 9.10. The Morgan fingerprint density at radius 1 is 1.21 bits per heavy atom. The number of hydrogen-bond acceptors (Lipinski definition) is 3. The molecule has 102 valence electrons. The predicted octanol–water partition coefficient (Wildman–Crippen LogP) is 3.96. The highest BCUT2D eigenvalue weighted by Crippen LogP contribution is 2.25. The van der Waals surface area contributed by atoms with E-state index in [9.17, 15) is 0 Å². The molecule has 0 radical (unpaired) electrons. The second kappa shape index (κ2) is 5.59. The minimum absolute atomic E-state index is 0.497. The van der Waals surface area contributed by atoms with Gasteiger partial charge in [-0.3, -0.25) is 0 Å². The first-order chi connectivity index (χ1) is 8.95. The van der Waals surface area contributed by atoms with Gasteiger partial charge in [0.15, 0.2) is 5.82 Å². The van der Waals surface area contributed by atoms with E-state index >= 15 is 0 Å². The van der Waals surface area contributed by atoms with E-state index in [0.717, 1.165) is 45.9 Å². The molecule has 0 atom stereocenters. The van der Waals surface area contributed by atoms with Crippen LogP contribution in [0.25, 0.3) is 5.82 Å². The summed E-state index contributed by atoms with van der Waals surface area (Å²) in [6, 6.07) is 0. The zero-order valence-electron chi connectivity index (χ0n) is 11.5. The Balaban J connectivity index is 2.63. The third kappa shape index (κ3) is 2.67. The third-order valence-electron chi connectivity index (χ3n) is 2.98. The minimum Gasteiger partial charge on any atom is -0.221 e. The molecule has 0 aliphatic carbocycles. The van der Waals surface area contributed by atoms with Crippen molar-refractivity contribution >= 4 is 27.5 Å². The Morgan fingerprint density at radius 2 is 1.89 bits per heavy atom. The fraction of sp³-hybridized carbons (Fsp3) is 0.462. The molecule has 0 fully saturated rings. The van der Waals surface area contributed by atoms with Gasteiger partial charge in [0.1, 0.15) is 11.0 Å². The number of hydrogen-bond donors (Lipinski definition) is 0. The van der Waals surface area contributed by atoms with Crippen molar-refractivity contribution < 1.29 is 0 Å². The van der Waals surface area contributed by atoms with Crippen molar-refractivity contribution in [3.05, 3.63) is 32.4 Å². The molecule has 0 N–H and O–H groups in total. The fourth-order valence-corrected chi connectivity index (χ4v) is 2.32. The Labute approximate surface area is 126 Å². The summed E-state index contributed by atoms with van der Waals surface area (Å²) in [5, 5.41) is 5.00. The zero-order valence-corrected chi connectivity index (χ0v) is 13.8. The average Bonchev–Trinajstić information content (AvgIpc) is 2.62. The second-order valence-electron chi connectivity index (χ2n) is 4.53. The van der Waals surface area contributed by atoms with Crippen LogP contribution >= 0.6 is 27.5 Å². The number of rotatable bonds is 3. The van der Waals surface area contributed by atoms with E-state index in [4.69, 9.17) is 11.6 Å². The van der Waals surface area contributed by atoms with Crippen LogP contribution in [0.1, 0.15) is 36.1 Å². The van der Waals surface area contributed by atoms with Gasteiger partial charge in [0.2, 0.25) is 0 Å². The van der Waals surface area contributed by atoms with Crippen LogP contribution in [0.3, 0.4) is 0 Å². The quantitative estimate of drug-likeness (QED) is 0.792. The van der Waals surface area contributed by atoms with Gasteiger partial charge in [0, 0.05) is 12.0 Å². The predicted molar refractivity (Wildman–Crippen MR) is 80.1 cm³/mol. The van der Waals surface area contributed by atoms with Crippen LogP contribution in [0.4, 0.5) is 0 Å². The standard InChI is InChI=1S/C13H16BrClN4/c1-5-6-10-16-12(15)7(2)13(17-10)19-9(4)11(14)8(3)18-19/h5-6H2,1-4H3. The topological polar surface area (TPSA) is 43.6 Å². The molecule has 0 aromatic carbocycles. The number of aryl methyl sites for hydroxylation is 2. The molecule has 0 amide bonds. The monoisotopic (exact) mass is 342 g/mol. The van der Waals surface area contributed by atoms with Crippen molar-refractivity contribution in [3.63, 3.8) is 0 Å². The van der Waals surface area contributed by atoms with Crippen molar-refractivity contribution in [2.75, 3.05) is 0 Å². The van der Waals surface area contributed by atoms with E-state index in [2.05, 4.69) is 37.9 Å². The van der Waals surface area contributed by atoms with E-state index in [0.29, 0.717) is 5.15 Å². The summed E-state index contributed by atoms with van der Waals surface area (Å²) in [5.74, 6) is 1.52. The highest BCUT2D eigenvalue weighted by Gasteiger charge is 2.16. The van der Waals surface area contributed by atoms with Crippen molar-refractivity contribution in [3.8, 4) is 5.82 Å². The van der Waals surface area contributed by atoms with E-state index in [1.54, 1.807) is 0 Å². The molecule has 0 spiro atoms. The molecular weight excluding hydrogens is 328 g/mol. The van der Waals surface area contributed by atoms with Crippen molar-refractivity contribution in [1.82, 2.24) is 19.7 Å². The maximum Gasteiger partial charge on any atom is 0.161 e. The lowest BCUT2D eigenvalue weighted by atomic mass is 10.3. The fourth-order valence-electron chi connectivity index (χ4n) is 1.89. The van der Waals surface area contributed by atoms with Crippen LogP contribution in [0.5, 0.6) is 0 Å². The van der Waals surface area contributed by atoms with Crippen LogP contribution in [-0.2, 0) is 6.42 Å². The molecule has 2 aromatic rings. The second-order valence-corrected chi connectivity index (χ2v) is 5.68. The first-order valence-corrected chi connectivity index (χ1v) is 7.37.